The van der Waals surface area contributed by atoms with Gasteiger partial charge in [-0.1, -0.05) is 13.8 Å². The second-order valence-corrected chi connectivity index (χ2v) is 3.96. The molecular weight excluding hydrogens is 435 g/mol. The summed E-state index contributed by atoms with van der Waals surface area (Å²) in [5, 5.41) is 20.0. The zero-order chi connectivity index (χ0) is 14.4. The number of carbonyl (C=O) groups excluding carboxylic acids is 2. The van der Waals surface area contributed by atoms with E-state index in [4.69, 9.17) is 0 Å². The largest absolute Gasteiger partial charge is 2.00 e. The molecule has 6 heteroatoms. The maximum Gasteiger partial charge on any atom is 2.00 e. The molecule has 0 unspecified atom stereocenters. The van der Waals surface area contributed by atoms with Gasteiger partial charge in [-0.05, 0) is 38.5 Å². The molecule has 0 aliphatic rings. The van der Waals surface area contributed by atoms with Gasteiger partial charge < -0.3 is 10.2 Å². The Labute approximate surface area is 128 Å². The summed E-state index contributed by atoms with van der Waals surface area (Å²) in [4.78, 5) is 20.0. The Morgan fingerprint density at radius 1 is 0.833 bits per heavy atom. The number of rotatable bonds is 2. The number of hydrogen-bond acceptors (Lipinski definition) is 5. The van der Waals surface area contributed by atoms with Crippen molar-refractivity contribution in [2.75, 3.05) is 12.5 Å². The van der Waals surface area contributed by atoms with E-state index in [-0.39, 0.29) is 44.2 Å². The maximum absolute atomic E-state index is 9.98. The van der Waals surface area contributed by atoms with Crippen LogP contribution in [0.15, 0.2) is 23.7 Å². The fraction of sp³-hybridized carbons (Fsp3) is 0.500. The zero-order valence-electron chi connectivity index (χ0n) is 11.5. The Bertz CT molecular complexity index is 250. The van der Waals surface area contributed by atoms with E-state index in [2.05, 4.69) is 0 Å². The van der Waals surface area contributed by atoms with Gasteiger partial charge in [-0.25, -0.2) is 0 Å². The van der Waals surface area contributed by atoms with Crippen molar-refractivity contribution < 1.29 is 40.9 Å². The molecule has 0 aromatic heterocycles. The molecule has 0 heterocycles. The molecule has 0 aromatic rings. The van der Waals surface area contributed by atoms with E-state index < -0.39 is 0 Å². The first-order valence-corrected chi connectivity index (χ1v) is 6.42. The van der Waals surface area contributed by atoms with Crippen molar-refractivity contribution in [3.05, 3.63) is 23.7 Å². The normalized spacial score (nSPS) is 9.89. The quantitative estimate of drug-likeness (QED) is 0.452. The third kappa shape index (κ3) is 58.1. The summed E-state index contributed by atoms with van der Waals surface area (Å²) < 4.78 is 0. The van der Waals surface area contributed by atoms with Crippen molar-refractivity contribution in [2.24, 2.45) is 0 Å². The third-order valence-electron chi connectivity index (χ3n) is 0.813. The van der Waals surface area contributed by atoms with E-state index in [1.165, 1.54) is 27.7 Å². The molecule has 4 nitrogen and oxygen atoms in total. The van der Waals surface area contributed by atoms with Gasteiger partial charge >= 0.3 is 21.1 Å². The van der Waals surface area contributed by atoms with E-state index in [9.17, 15) is 19.8 Å². The number of ketones is 2. The molecule has 0 aromatic carbocycles. The standard InChI is InChI=1S/2C5H8O2.C2H6S.Pt/c2*1-4(6)3-5(2)7;1-3-2;/h2*3,6H,1-2H3;1-2H3;/q;;;+2/p-2/b2*4-3-;;. The van der Waals surface area contributed by atoms with E-state index in [0.29, 0.717) is 0 Å². The minimum atomic E-state index is -0.187. The van der Waals surface area contributed by atoms with Gasteiger partial charge in [0.25, 0.3) is 0 Å². The summed E-state index contributed by atoms with van der Waals surface area (Å²) in [6, 6.07) is 0. The van der Waals surface area contributed by atoms with Crippen LogP contribution in [0.25, 0.3) is 0 Å². The van der Waals surface area contributed by atoms with Gasteiger partial charge in [0.05, 0.1) is 0 Å². The van der Waals surface area contributed by atoms with Crippen molar-refractivity contribution in [1.29, 1.82) is 0 Å². The van der Waals surface area contributed by atoms with Gasteiger partial charge in [0.1, 0.15) is 0 Å². The van der Waals surface area contributed by atoms with Gasteiger partial charge in [0, 0.05) is 0 Å². The molecule has 0 fully saturated rings. The van der Waals surface area contributed by atoms with Gasteiger partial charge in [-0.3, -0.25) is 9.59 Å². The number of allylic oxidation sites excluding steroid dienone is 4. The molecule has 108 valence electrons. The summed E-state index contributed by atoms with van der Waals surface area (Å²) in [7, 11) is 0. The van der Waals surface area contributed by atoms with Crippen molar-refractivity contribution in [2.45, 2.75) is 27.7 Å². The predicted molar refractivity (Wildman–Crippen MR) is 68.3 cm³/mol. The van der Waals surface area contributed by atoms with E-state index in [1.807, 2.05) is 12.5 Å². The minimum Gasteiger partial charge on any atom is -0.876 e. The second kappa shape index (κ2) is 18.8. The van der Waals surface area contributed by atoms with Gasteiger partial charge in [0.2, 0.25) is 0 Å². The predicted octanol–water partition coefficient (Wildman–Crippen LogP) is 0.656. The Kier molecular flexibility index (Phi) is 27.3. The van der Waals surface area contributed by atoms with Crippen LogP contribution in [0.2, 0.25) is 0 Å². The summed E-state index contributed by atoms with van der Waals surface area (Å²) in [5.41, 5.74) is 0. The zero-order valence-corrected chi connectivity index (χ0v) is 14.6. The maximum atomic E-state index is 9.98. The molecule has 0 amide bonds. The van der Waals surface area contributed by atoms with Crippen molar-refractivity contribution in [3.8, 4) is 0 Å². The molecule has 0 rings (SSSR count). The molecule has 0 saturated heterocycles. The number of hydrogen-bond donors (Lipinski definition) is 0. The summed E-state index contributed by atoms with van der Waals surface area (Å²) in [6.07, 6.45) is 6.19. The summed E-state index contributed by atoms with van der Waals surface area (Å²) in [6.45, 7) is 5.39. The molecule has 0 aliphatic heterocycles. The first kappa shape index (κ1) is 26.1. The Morgan fingerprint density at radius 3 is 1.00 bits per heavy atom. The van der Waals surface area contributed by atoms with Crippen LogP contribution < -0.4 is 10.2 Å². The average Bonchev–Trinajstić information content (AvgIpc) is 1.99. The van der Waals surface area contributed by atoms with Gasteiger partial charge in [0.15, 0.2) is 11.6 Å². The van der Waals surface area contributed by atoms with Crippen LogP contribution in [0, 0.1) is 0 Å². The third-order valence-corrected chi connectivity index (χ3v) is 0.813. The Balaban J connectivity index is -0.0000000857. The van der Waals surface area contributed by atoms with E-state index in [1.54, 1.807) is 11.8 Å². The second-order valence-electron chi connectivity index (χ2n) is 3.14. The van der Waals surface area contributed by atoms with Crippen LogP contribution in [0.3, 0.4) is 0 Å². The fourth-order valence-corrected chi connectivity index (χ4v) is 0.572. The monoisotopic (exact) mass is 455 g/mol. The molecule has 0 bridgehead atoms. The molecule has 18 heavy (non-hydrogen) atoms. The van der Waals surface area contributed by atoms with Gasteiger partial charge in [-0.2, -0.15) is 11.8 Å². The van der Waals surface area contributed by atoms with Crippen molar-refractivity contribution >= 4 is 23.3 Å². The molecule has 0 radical (unpaired) electrons. The molecule has 0 N–H and O–H groups in total. The SMILES string of the molecule is CC(=O)/C=C(/C)[O-].CC(=O)/C=C(/C)[O-].CSC.[Pt+2]. The first-order chi connectivity index (χ1) is 7.67. The van der Waals surface area contributed by atoms with Crippen LogP contribution in [0.4, 0.5) is 0 Å². The van der Waals surface area contributed by atoms with Crippen LogP contribution in [-0.4, -0.2) is 24.1 Å². The first-order valence-electron chi connectivity index (χ1n) is 4.79. The van der Waals surface area contributed by atoms with Crippen molar-refractivity contribution in [1.82, 2.24) is 0 Å². The smallest absolute Gasteiger partial charge is 0.876 e. The number of thioether (sulfide) groups is 1. The molecule has 0 aliphatic carbocycles. The number of carbonyl (C=O) groups is 2. The van der Waals surface area contributed by atoms with Gasteiger partial charge in [-0.15, -0.1) is 11.5 Å². The van der Waals surface area contributed by atoms with Crippen LogP contribution >= 0.6 is 11.8 Å². The average molecular weight is 455 g/mol. The van der Waals surface area contributed by atoms with Crippen LogP contribution in [-0.2, 0) is 30.7 Å². The summed E-state index contributed by atoms with van der Waals surface area (Å²) >= 11 is 1.75. The Morgan fingerprint density at radius 2 is 1.00 bits per heavy atom. The molecule has 0 atom stereocenters. The topological polar surface area (TPSA) is 80.3 Å². The minimum absolute atomic E-state index is 0. The summed E-state index contributed by atoms with van der Waals surface area (Å²) in [5.74, 6) is -0.750. The van der Waals surface area contributed by atoms with Crippen LogP contribution in [0.5, 0.6) is 0 Å². The fourth-order valence-electron chi connectivity index (χ4n) is 0.572. The van der Waals surface area contributed by atoms with Crippen molar-refractivity contribution in [3.63, 3.8) is 0 Å². The molecular formula is C12H20O4PtS. The van der Waals surface area contributed by atoms with E-state index in [0.717, 1.165) is 12.2 Å². The molecule has 0 saturated carbocycles. The molecule has 0 spiro atoms. The van der Waals surface area contributed by atoms with Crippen LogP contribution in [0.1, 0.15) is 27.7 Å². The Hall–Kier alpha value is -0.542. The van der Waals surface area contributed by atoms with E-state index >= 15 is 0 Å².